The summed E-state index contributed by atoms with van der Waals surface area (Å²) in [5, 5.41) is 17.4. The summed E-state index contributed by atoms with van der Waals surface area (Å²) in [6, 6.07) is 12.5. The van der Waals surface area contributed by atoms with E-state index in [4.69, 9.17) is 5.26 Å². The van der Waals surface area contributed by atoms with E-state index in [1.54, 1.807) is 12.3 Å². The molecule has 0 bridgehead atoms. The summed E-state index contributed by atoms with van der Waals surface area (Å²) in [4.78, 5) is 12.5. The summed E-state index contributed by atoms with van der Waals surface area (Å²) >= 11 is 0. The van der Waals surface area contributed by atoms with Gasteiger partial charge in [-0.05, 0) is 25.0 Å². The summed E-state index contributed by atoms with van der Waals surface area (Å²) in [5.74, 6) is 0.583. The van der Waals surface area contributed by atoms with Gasteiger partial charge in [-0.2, -0.15) is 10.4 Å². The smallest absolute Gasteiger partial charge is 0.249 e. The third-order valence-electron chi connectivity index (χ3n) is 5.54. The van der Waals surface area contributed by atoms with E-state index in [0.717, 1.165) is 35.1 Å². The second kappa shape index (κ2) is 8.78. The minimum atomic E-state index is -0.170. The van der Waals surface area contributed by atoms with Crippen molar-refractivity contribution in [1.29, 1.82) is 5.26 Å². The van der Waals surface area contributed by atoms with Crippen LogP contribution in [0.3, 0.4) is 0 Å². The largest absolute Gasteiger partial charge is 0.346 e. The fourth-order valence-corrected chi connectivity index (χ4v) is 4.13. The van der Waals surface area contributed by atoms with Crippen LogP contribution in [0, 0.1) is 11.3 Å². The van der Waals surface area contributed by atoms with Crippen molar-refractivity contribution in [2.45, 2.75) is 51.1 Å². The van der Waals surface area contributed by atoms with Crippen molar-refractivity contribution in [2.75, 3.05) is 5.32 Å². The van der Waals surface area contributed by atoms with Crippen molar-refractivity contribution in [3.8, 4) is 6.07 Å². The Balaban J connectivity index is 1.50. The van der Waals surface area contributed by atoms with Gasteiger partial charge < -0.3 is 9.88 Å². The highest BCUT2D eigenvalue weighted by molar-refractivity contribution is 6.03. The van der Waals surface area contributed by atoms with Crippen molar-refractivity contribution < 1.29 is 4.79 Å². The van der Waals surface area contributed by atoms with E-state index in [1.807, 2.05) is 47.3 Å². The maximum Gasteiger partial charge on any atom is 0.249 e. The van der Waals surface area contributed by atoms with Crippen molar-refractivity contribution in [1.82, 2.24) is 14.3 Å². The van der Waals surface area contributed by atoms with Gasteiger partial charge >= 0.3 is 0 Å². The zero-order valence-electron chi connectivity index (χ0n) is 16.4. The number of amides is 1. The van der Waals surface area contributed by atoms with E-state index in [2.05, 4.69) is 21.1 Å². The van der Waals surface area contributed by atoms with Crippen LogP contribution in [0.1, 0.15) is 50.1 Å². The molecule has 3 aromatic rings. The highest BCUT2D eigenvalue weighted by Gasteiger charge is 2.18. The van der Waals surface area contributed by atoms with Crippen LogP contribution >= 0.6 is 0 Å². The Morgan fingerprint density at radius 3 is 2.90 bits per heavy atom. The lowest BCUT2D eigenvalue weighted by atomic mass is 9.96. The van der Waals surface area contributed by atoms with E-state index < -0.39 is 0 Å². The molecular formula is C23H25N5O. The molecule has 0 aliphatic heterocycles. The van der Waals surface area contributed by atoms with Gasteiger partial charge in [0.2, 0.25) is 5.91 Å². The van der Waals surface area contributed by atoms with Gasteiger partial charge in [0.1, 0.15) is 5.82 Å². The molecule has 2 aromatic heterocycles. The number of benzene rings is 1. The number of para-hydroxylation sites is 1. The Labute approximate surface area is 170 Å². The zero-order valence-corrected chi connectivity index (χ0v) is 16.4. The fraction of sp³-hybridized carbons (Fsp3) is 0.348. The number of carbonyl (C=O) groups is 1. The molecule has 1 aliphatic carbocycles. The predicted octanol–water partition coefficient (Wildman–Crippen LogP) is 4.91. The Kier molecular flexibility index (Phi) is 5.76. The number of anilines is 1. The van der Waals surface area contributed by atoms with Gasteiger partial charge in [0, 0.05) is 41.4 Å². The summed E-state index contributed by atoms with van der Waals surface area (Å²) in [7, 11) is 0. The van der Waals surface area contributed by atoms with Crippen molar-refractivity contribution >= 4 is 28.7 Å². The molecule has 2 heterocycles. The molecule has 6 heteroatoms. The highest BCUT2D eigenvalue weighted by atomic mass is 16.1. The molecule has 6 nitrogen and oxygen atoms in total. The van der Waals surface area contributed by atoms with Crippen LogP contribution in [0.4, 0.5) is 5.82 Å². The normalized spacial score (nSPS) is 15.0. The molecule has 29 heavy (non-hydrogen) atoms. The first-order valence-electron chi connectivity index (χ1n) is 10.2. The van der Waals surface area contributed by atoms with Gasteiger partial charge in [0.25, 0.3) is 0 Å². The zero-order chi connectivity index (χ0) is 20.1. The Bertz CT molecular complexity index is 1060. The van der Waals surface area contributed by atoms with Gasteiger partial charge in [-0.15, -0.1) is 0 Å². The maximum absolute atomic E-state index is 12.5. The number of hydrogen-bond acceptors (Lipinski definition) is 3. The van der Waals surface area contributed by atoms with Crippen LogP contribution in [0.5, 0.6) is 0 Å². The minimum absolute atomic E-state index is 0.170. The van der Waals surface area contributed by atoms with E-state index in [-0.39, 0.29) is 5.91 Å². The quantitative estimate of drug-likeness (QED) is 0.611. The van der Waals surface area contributed by atoms with Crippen molar-refractivity contribution in [3.63, 3.8) is 0 Å². The van der Waals surface area contributed by atoms with Crippen LogP contribution in [-0.2, 0) is 11.3 Å². The molecule has 0 spiro atoms. The lowest BCUT2D eigenvalue weighted by molar-refractivity contribution is -0.111. The number of fused-ring (bicyclic) bond motifs is 1. The first-order chi connectivity index (χ1) is 14.3. The Morgan fingerprint density at radius 2 is 2.07 bits per heavy atom. The Hall–Kier alpha value is -3.33. The lowest BCUT2D eigenvalue weighted by Gasteiger charge is -2.23. The molecule has 0 atom stereocenters. The van der Waals surface area contributed by atoms with Crippen molar-refractivity contribution in [2.24, 2.45) is 0 Å². The minimum Gasteiger partial charge on any atom is -0.346 e. The van der Waals surface area contributed by atoms with Gasteiger partial charge in [0.05, 0.1) is 24.7 Å². The molecule has 1 amide bonds. The molecule has 1 aromatic carbocycles. The van der Waals surface area contributed by atoms with Crippen LogP contribution < -0.4 is 5.32 Å². The number of nitrogens with zero attached hydrogens (tertiary/aromatic N) is 4. The summed E-state index contributed by atoms with van der Waals surface area (Å²) < 4.78 is 4.02. The van der Waals surface area contributed by atoms with Gasteiger partial charge in [-0.1, -0.05) is 37.5 Å². The number of aromatic nitrogens is 3. The summed E-state index contributed by atoms with van der Waals surface area (Å²) in [5.41, 5.74) is 2.03. The predicted molar refractivity (Wildman–Crippen MR) is 114 cm³/mol. The second-order valence-corrected chi connectivity index (χ2v) is 7.48. The van der Waals surface area contributed by atoms with E-state index in [9.17, 15) is 4.79 Å². The topological polar surface area (TPSA) is 75.6 Å². The van der Waals surface area contributed by atoms with E-state index in [0.29, 0.717) is 19.0 Å². The summed E-state index contributed by atoms with van der Waals surface area (Å²) in [6.45, 7) is 0.637. The second-order valence-electron chi connectivity index (χ2n) is 7.48. The third kappa shape index (κ3) is 4.24. The molecule has 1 N–H and O–H groups in total. The number of rotatable bonds is 6. The monoisotopic (exact) mass is 387 g/mol. The first-order valence-corrected chi connectivity index (χ1v) is 10.2. The maximum atomic E-state index is 12.5. The first kappa shape index (κ1) is 19.0. The number of aryl methyl sites for hydroxylation is 1. The molecule has 1 fully saturated rings. The van der Waals surface area contributed by atoms with Crippen molar-refractivity contribution in [3.05, 3.63) is 54.4 Å². The lowest BCUT2D eigenvalue weighted by Crippen LogP contribution is -2.19. The SMILES string of the molecule is N#CCCn1cc(/C=C/C(=O)Nc2ccnn2C2CCCCC2)c2ccccc21. The fourth-order valence-electron chi connectivity index (χ4n) is 4.13. The Morgan fingerprint density at radius 1 is 1.24 bits per heavy atom. The average Bonchev–Trinajstić information content (AvgIpc) is 3.36. The number of nitrogens with one attached hydrogen (secondary N) is 1. The summed E-state index contributed by atoms with van der Waals surface area (Å²) in [6.07, 6.45) is 13.5. The molecule has 148 valence electrons. The molecular weight excluding hydrogens is 362 g/mol. The number of hydrogen-bond donors (Lipinski definition) is 1. The molecule has 1 saturated carbocycles. The standard InChI is InChI=1S/C23H25N5O/c24-14-6-16-27-17-18(20-9-4-5-10-21(20)27)11-12-23(29)26-22-13-15-25-28(22)19-7-2-1-3-8-19/h4-5,9-13,15,17,19H,1-3,6-8,16H2,(H,26,29)/b12-11+. The van der Waals surface area contributed by atoms with Gasteiger partial charge in [-0.25, -0.2) is 4.68 Å². The number of carbonyl (C=O) groups excluding carboxylic acids is 1. The third-order valence-corrected chi connectivity index (χ3v) is 5.54. The van der Waals surface area contributed by atoms with Crippen LogP contribution in [0.2, 0.25) is 0 Å². The molecule has 0 saturated heterocycles. The van der Waals surface area contributed by atoms with Crippen LogP contribution in [0.15, 0.2) is 48.8 Å². The number of nitriles is 1. The van der Waals surface area contributed by atoms with E-state index in [1.165, 1.54) is 19.3 Å². The molecule has 0 unspecified atom stereocenters. The molecule has 4 rings (SSSR count). The van der Waals surface area contributed by atoms with Crippen LogP contribution in [-0.4, -0.2) is 20.3 Å². The van der Waals surface area contributed by atoms with Crippen LogP contribution in [0.25, 0.3) is 17.0 Å². The molecule has 1 aliphatic rings. The van der Waals surface area contributed by atoms with Gasteiger partial charge in [0.15, 0.2) is 0 Å². The highest BCUT2D eigenvalue weighted by Crippen LogP contribution is 2.30. The average molecular weight is 387 g/mol. The van der Waals surface area contributed by atoms with E-state index >= 15 is 0 Å². The molecule has 0 radical (unpaired) electrons. The van der Waals surface area contributed by atoms with Gasteiger partial charge in [-0.3, -0.25) is 4.79 Å².